The Hall–Kier alpha value is -1.22. The van der Waals surface area contributed by atoms with Crippen LogP contribution in [0.25, 0.3) is 0 Å². The highest BCUT2D eigenvalue weighted by Crippen LogP contribution is 2.18. The summed E-state index contributed by atoms with van der Waals surface area (Å²) in [5.74, 6) is -0.606. The van der Waals surface area contributed by atoms with Gasteiger partial charge in [-0.05, 0) is 25.8 Å². The number of nitrogens with one attached hydrogen (secondary N) is 2. The van der Waals surface area contributed by atoms with Crippen LogP contribution in [0.5, 0.6) is 0 Å². The fraction of sp³-hybridized carbons (Fsp3) is 0.846. The van der Waals surface area contributed by atoms with Crippen LogP contribution in [0.3, 0.4) is 0 Å². The van der Waals surface area contributed by atoms with E-state index in [1.807, 2.05) is 4.90 Å². The number of urea groups is 1. The van der Waals surface area contributed by atoms with Crippen LogP contribution in [0.4, 0.5) is 4.79 Å². The summed E-state index contributed by atoms with van der Waals surface area (Å²) in [6.45, 7) is 1.51. The maximum absolute atomic E-state index is 11.3. The lowest BCUT2D eigenvalue weighted by molar-refractivity contribution is -0.120. The number of carbonyl (C=O) groups excluding carboxylic acids is 2. The third-order valence-electron chi connectivity index (χ3n) is 4.13. The maximum Gasteiger partial charge on any atom is 0.322 e. The number of β-amino-alcohol motifs (C(OH)–C–C–N with tert-alkyl or cyclic N) is 1. The van der Waals surface area contributed by atoms with E-state index in [0.717, 1.165) is 19.4 Å². The molecule has 0 spiro atoms. The van der Waals surface area contributed by atoms with Gasteiger partial charge in [0.1, 0.15) is 6.04 Å². The standard InChI is InChI=1S/C13H23N3O5/c17-7-8-5-16(6-10(18)11(8)19)4-2-1-3-9-12(20)15-13(21)14-9/h8-11,17-19H,1-7H2,(H2,14,15,20,21). The minimum Gasteiger partial charge on any atom is -0.396 e. The Morgan fingerprint density at radius 3 is 2.57 bits per heavy atom. The molecule has 4 unspecified atom stereocenters. The summed E-state index contributed by atoms with van der Waals surface area (Å²) >= 11 is 0. The molecular formula is C13H23N3O5. The fourth-order valence-electron chi connectivity index (χ4n) is 2.90. The Balaban J connectivity index is 1.67. The van der Waals surface area contributed by atoms with Crippen molar-refractivity contribution in [1.82, 2.24) is 15.5 Å². The first-order chi connectivity index (χ1) is 10.0. The van der Waals surface area contributed by atoms with Crippen LogP contribution in [0, 0.1) is 5.92 Å². The average Bonchev–Trinajstić information content (AvgIpc) is 2.76. The second kappa shape index (κ2) is 7.17. The van der Waals surface area contributed by atoms with Crippen molar-refractivity contribution in [3.63, 3.8) is 0 Å². The smallest absolute Gasteiger partial charge is 0.322 e. The van der Waals surface area contributed by atoms with Crippen molar-refractivity contribution in [2.24, 2.45) is 5.92 Å². The van der Waals surface area contributed by atoms with E-state index >= 15 is 0 Å². The third-order valence-corrected chi connectivity index (χ3v) is 4.13. The topological polar surface area (TPSA) is 122 Å². The highest BCUT2D eigenvalue weighted by Gasteiger charge is 2.34. The number of hydrogen-bond acceptors (Lipinski definition) is 6. The zero-order chi connectivity index (χ0) is 15.4. The molecule has 0 saturated carbocycles. The minimum absolute atomic E-state index is 0.150. The van der Waals surface area contributed by atoms with Gasteiger partial charge in [0.25, 0.3) is 5.91 Å². The van der Waals surface area contributed by atoms with E-state index in [1.165, 1.54) is 0 Å². The van der Waals surface area contributed by atoms with E-state index < -0.39 is 24.3 Å². The van der Waals surface area contributed by atoms with Crippen molar-refractivity contribution >= 4 is 11.9 Å². The lowest BCUT2D eigenvalue weighted by Gasteiger charge is -2.38. The number of likely N-dealkylation sites (tertiary alicyclic amines) is 1. The molecule has 0 bridgehead atoms. The number of amides is 3. The minimum atomic E-state index is -0.872. The molecule has 2 saturated heterocycles. The van der Waals surface area contributed by atoms with Crippen molar-refractivity contribution in [2.75, 3.05) is 26.2 Å². The number of aliphatic hydroxyl groups is 3. The molecule has 4 atom stereocenters. The molecule has 0 aliphatic carbocycles. The highest BCUT2D eigenvalue weighted by atomic mass is 16.3. The molecular weight excluding hydrogens is 278 g/mol. The van der Waals surface area contributed by atoms with Gasteiger partial charge in [0.15, 0.2) is 0 Å². The lowest BCUT2D eigenvalue weighted by Crippen LogP contribution is -2.53. The van der Waals surface area contributed by atoms with Gasteiger partial charge < -0.3 is 25.5 Å². The highest BCUT2D eigenvalue weighted by molar-refractivity contribution is 6.04. The van der Waals surface area contributed by atoms with Crippen LogP contribution in [-0.4, -0.2) is 76.6 Å². The molecule has 21 heavy (non-hydrogen) atoms. The fourth-order valence-corrected chi connectivity index (χ4v) is 2.90. The van der Waals surface area contributed by atoms with Crippen LogP contribution in [-0.2, 0) is 4.79 Å². The molecule has 2 aliphatic rings. The first-order valence-electron chi connectivity index (χ1n) is 7.32. The second-order valence-electron chi connectivity index (χ2n) is 5.77. The van der Waals surface area contributed by atoms with Crippen molar-refractivity contribution in [1.29, 1.82) is 0 Å². The number of hydrogen-bond donors (Lipinski definition) is 5. The number of nitrogens with zero attached hydrogens (tertiary/aromatic N) is 1. The number of carbonyl (C=O) groups is 2. The predicted molar refractivity (Wildman–Crippen MR) is 73.3 cm³/mol. The summed E-state index contributed by atoms with van der Waals surface area (Å²) < 4.78 is 0. The normalized spacial score (nSPS) is 33.9. The molecule has 0 aromatic carbocycles. The molecule has 8 heteroatoms. The van der Waals surface area contributed by atoms with Crippen LogP contribution in [0.2, 0.25) is 0 Å². The molecule has 0 radical (unpaired) electrons. The Kier molecular flexibility index (Phi) is 5.51. The predicted octanol–water partition coefficient (Wildman–Crippen LogP) is -1.99. The van der Waals surface area contributed by atoms with Crippen LogP contribution >= 0.6 is 0 Å². The van der Waals surface area contributed by atoms with Gasteiger partial charge in [0.2, 0.25) is 0 Å². The van der Waals surface area contributed by atoms with Crippen molar-refractivity contribution < 1.29 is 24.9 Å². The van der Waals surface area contributed by atoms with E-state index in [1.54, 1.807) is 0 Å². The van der Waals surface area contributed by atoms with Gasteiger partial charge in [-0.1, -0.05) is 0 Å². The van der Waals surface area contributed by atoms with Gasteiger partial charge in [0, 0.05) is 25.6 Å². The summed E-state index contributed by atoms with van der Waals surface area (Å²) in [5, 5.41) is 33.4. The number of rotatable bonds is 6. The number of aliphatic hydroxyl groups excluding tert-OH is 3. The van der Waals surface area contributed by atoms with Crippen molar-refractivity contribution in [3.8, 4) is 0 Å². The van der Waals surface area contributed by atoms with Gasteiger partial charge in [-0.15, -0.1) is 0 Å². The summed E-state index contributed by atoms with van der Waals surface area (Å²) in [4.78, 5) is 24.3. The van der Waals surface area contributed by atoms with Gasteiger partial charge in [0.05, 0.1) is 12.2 Å². The Morgan fingerprint density at radius 1 is 1.19 bits per heavy atom. The summed E-state index contributed by atoms with van der Waals surface area (Å²) in [5.41, 5.74) is 0. The first kappa shape index (κ1) is 16.2. The summed E-state index contributed by atoms with van der Waals surface area (Å²) in [7, 11) is 0. The summed E-state index contributed by atoms with van der Waals surface area (Å²) in [6.07, 6.45) is 0.470. The largest absolute Gasteiger partial charge is 0.396 e. The number of piperidine rings is 1. The molecule has 2 aliphatic heterocycles. The van der Waals surface area contributed by atoms with E-state index in [2.05, 4.69) is 10.6 Å². The van der Waals surface area contributed by atoms with E-state index in [-0.39, 0.29) is 18.4 Å². The Labute approximate surface area is 123 Å². The molecule has 120 valence electrons. The molecule has 2 rings (SSSR count). The first-order valence-corrected chi connectivity index (χ1v) is 7.32. The van der Waals surface area contributed by atoms with Crippen LogP contribution < -0.4 is 10.6 Å². The average molecular weight is 301 g/mol. The van der Waals surface area contributed by atoms with E-state index in [9.17, 15) is 24.9 Å². The molecule has 8 nitrogen and oxygen atoms in total. The quantitative estimate of drug-likeness (QED) is 0.286. The van der Waals surface area contributed by atoms with Crippen LogP contribution in [0.1, 0.15) is 19.3 Å². The van der Waals surface area contributed by atoms with Crippen molar-refractivity contribution in [3.05, 3.63) is 0 Å². The molecule has 2 fully saturated rings. The van der Waals surface area contributed by atoms with Gasteiger partial charge in [-0.3, -0.25) is 10.1 Å². The third kappa shape index (κ3) is 4.13. The molecule has 2 heterocycles. The molecule has 3 amide bonds. The molecule has 0 aromatic heterocycles. The lowest BCUT2D eigenvalue weighted by atomic mass is 9.93. The SMILES string of the molecule is O=C1NC(=O)C(CCCCN2CC(O)C(O)C(CO)C2)N1. The van der Waals surface area contributed by atoms with E-state index in [0.29, 0.717) is 19.5 Å². The van der Waals surface area contributed by atoms with Gasteiger partial charge in [-0.25, -0.2) is 4.79 Å². The number of unbranched alkanes of at least 4 members (excludes halogenated alkanes) is 1. The monoisotopic (exact) mass is 301 g/mol. The maximum atomic E-state index is 11.3. The molecule has 0 aromatic rings. The second-order valence-corrected chi connectivity index (χ2v) is 5.77. The Morgan fingerprint density at radius 2 is 1.95 bits per heavy atom. The Bertz CT molecular complexity index is 392. The zero-order valence-corrected chi connectivity index (χ0v) is 11.9. The van der Waals surface area contributed by atoms with Gasteiger partial charge >= 0.3 is 6.03 Å². The van der Waals surface area contributed by atoms with Crippen molar-refractivity contribution in [2.45, 2.75) is 37.5 Å². The van der Waals surface area contributed by atoms with E-state index in [4.69, 9.17) is 0 Å². The zero-order valence-electron chi connectivity index (χ0n) is 11.9. The van der Waals surface area contributed by atoms with Gasteiger partial charge in [-0.2, -0.15) is 0 Å². The summed E-state index contributed by atoms with van der Waals surface area (Å²) in [6, 6.07) is -0.889. The molecule has 5 N–H and O–H groups in total. The number of imide groups is 1. The van der Waals surface area contributed by atoms with Crippen LogP contribution in [0.15, 0.2) is 0 Å².